The van der Waals surface area contributed by atoms with Gasteiger partial charge in [0.1, 0.15) is 12.4 Å². The van der Waals surface area contributed by atoms with E-state index in [9.17, 15) is 9.59 Å². The summed E-state index contributed by atoms with van der Waals surface area (Å²) in [6, 6.07) is 30.0. The van der Waals surface area contributed by atoms with Gasteiger partial charge in [-0.2, -0.15) is 0 Å². The number of aromatic carboxylic acids is 1. The van der Waals surface area contributed by atoms with E-state index in [0.29, 0.717) is 26.1 Å². The second-order valence-corrected chi connectivity index (χ2v) is 9.68. The zero-order valence-electron chi connectivity index (χ0n) is 22.4. The summed E-state index contributed by atoms with van der Waals surface area (Å²) in [5.74, 6) is -0.962. The Hall–Kier alpha value is -4.49. The average Bonchev–Trinajstić information content (AvgIpc) is 2.98. The molecule has 7 nitrogen and oxygen atoms in total. The van der Waals surface area contributed by atoms with Crippen LogP contribution in [0.3, 0.4) is 0 Å². The zero-order chi connectivity index (χ0) is 28.2. The molecule has 2 N–H and O–H groups in total. The number of benzene rings is 3. The summed E-state index contributed by atoms with van der Waals surface area (Å²) in [7, 11) is 0. The fourth-order valence-corrected chi connectivity index (χ4v) is 4.47. The zero-order valence-corrected chi connectivity index (χ0v) is 22.4. The number of pyridine rings is 1. The van der Waals surface area contributed by atoms with Crippen molar-refractivity contribution in [3.63, 3.8) is 0 Å². The molecular weight excluding hydrogens is 504 g/mol. The Labute approximate surface area is 234 Å². The van der Waals surface area contributed by atoms with Gasteiger partial charge in [0.05, 0.1) is 11.3 Å². The smallest absolute Gasteiger partial charge is 0.337 e. The third-order valence-electron chi connectivity index (χ3n) is 6.70. The number of rotatable bonds is 15. The van der Waals surface area contributed by atoms with E-state index in [4.69, 9.17) is 14.9 Å². The molecule has 40 heavy (non-hydrogen) atoms. The van der Waals surface area contributed by atoms with Crippen LogP contribution in [0.2, 0.25) is 0 Å². The SMILES string of the molecule is O=C(O)CCCCN(CCc1ccccc1OCc1ccc(-c2ccccc2)cc1)Cc1ccc(C(=O)O)cn1. The third kappa shape index (κ3) is 8.78. The Morgan fingerprint density at radius 2 is 1.50 bits per heavy atom. The van der Waals surface area contributed by atoms with E-state index < -0.39 is 11.9 Å². The highest BCUT2D eigenvalue weighted by Gasteiger charge is 2.12. The maximum atomic E-state index is 11.2. The van der Waals surface area contributed by atoms with Gasteiger partial charge < -0.3 is 14.9 Å². The van der Waals surface area contributed by atoms with Gasteiger partial charge in [-0.3, -0.25) is 14.7 Å². The fraction of sp³-hybridized carbons (Fsp3) is 0.242. The van der Waals surface area contributed by atoms with Crippen LogP contribution < -0.4 is 4.74 Å². The highest BCUT2D eigenvalue weighted by molar-refractivity contribution is 5.87. The van der Waals surface area contributed by atoms with Crippen molar-refractivity contribution in [1.82, 2.24) is 9.88 Å². The van der Waals surface area contributed by atoms with Gasteiger partial charge in [-0.1, -0.05) is 72.8 Å². The largest absolute Gasteiger partial charge is 0.489 e. The standard InChI is InChI=1S/C33H34N2O5/c36-32(37)12-6-7-20-35(23-30-18-17-29(22-34-30)33(38)39)21-19-28-10-4-5-11-31(28)40-24-25-13-15-27(16-14-25)26-8-2-1-3-9-26/h1-5,8-11,13-18,22H,6-7,12,19-21,23-24H2,(H,36,37)(H,38,39). The Bertz CT molecular complexity index is 1370. The summed E-state index contributed by atoms with van der Waals surface area (Å²) < 4.78 is 6.23. The Morgan fingerprint density at radius 1 is 0.775 bits per heavy atom. The Balaban J connectivity index is 1.37. The normalized spacial score (nSPS) is 10.9. The van der Waals surface area contributed by atoms with Crippen LogP contribution in [-0.2, 0) is 24.4 Å². The van der Waals surface area contributed by atoms with E-state index >= 15 is 0 Å². The van der Waals surface area contributed by atoms with Gasteiger partial charge in [-0.05, 0) is 66.3 Å². The van der Waals surface area contributed by atoms with E-state index in [2.05, 4.69) is 52.3 Å². The van der Waals surface area contributed by atoms with Crippen LogP contribution in [0, 0.1) is 0 Å². The maximum Gasteiger partial charge on any atom is 0.337 e. The molecule has 0 aliphatic carbocycles. The summed E-state index contributed by atoms with van der Waals surface area (Å²) in [6.07, 6.45) is 3.60. The van der Waals surface area contributed by atoms with Crippen LogP contribution in [0.5, 0.6) is 5.75 Å². The molecule has 0 fully saturated rings. The molecule has 0 unspecified atom stereocenters. The quantitative estimate of drug-likeness (QED) is 0.171. The second kappa shape index (κ2) is 14.6. The summed E-state index contributed by atoms with van der Waals surface area (Å²) >= 11 is 0. The van der Waals surface area contributed by atoms with E-state index in [1.165, 1.54) is 17.3 Å². The van der Waals surface area contributed by atoms with Gasteiger partial charge in [-0.15, -0.1) is 0 Å². The van der Waals surface area contributed by atoms with Crippen LogP contribution in [0.15, 0.2) is 97.2 Å². The van der Waals surface area contributed by atoms with Crippen molar-refractivity contribution in [2.75, 3.05) is 13.1 Å². The number of carboxylic acid groups (broad SMARTS) is 2. The minimum Gasteiger partial charge on any atom is -0.489 e. The maximum absolute atomic E-state index is 11.2. The molecule has 0 spiro atoms. The van der Waals surface area contributed by atoms with Crippen LogP contribution in [-0.4, -0.2) is 45.1 Å². The fourth-order valence-electron chi connectivity index (χ4n) is 4.47. The number of nitrogens with zero attached hydrogens (tertiary/aromatic N) is 2. The molecule has 4 rings (SSSR count). The molecule has 0 bridgehead atoms. The number of carbonyl (C=O) groups is 2. The predicted molar refractivity (Wildman–Crippen MR) is 154 cm³/mol. The molecule has 1 heterocycles. The van der Waals surface area contributed by atoms with Crippen molar-refractivity contribution in [3.05, 3.63) is 120 Å². The molecule has 1 aromatic heterocycles. The van der Waals surface area contributed by atoms with Gasteiger partial charge in [-0.25, -0.2) is 4.79 Å². The van der Waals surface area contributed by atoms with Gasteiger partial charge >= 0.3 is 11.9 Å². The Kier molecular flexibility index (Phi) is 10.4. The van der Waals surface area contributed by atoms with E-state index in [1.54, 1.807) is 12.1 Å². The van der Waals surface area contributed by atoms with Crippen molar-refractivity contribution in [2.45, 2.75) is 38.8 Å². The summed E-state index contributed by atoms with van der Waals surface area (Å²) in [5, 5.41) is 18.1. The van der Waals surface area contributed by atoms with E-state index in [0.717, 1.165) is 42.0 Å². The summed E-state index contributed by atoms with van der Waals surface area (Å²) in [5.41, 5.74) is 5.45. The lowest BCUT2D eigenvalue weighted by Gasteiger charge is -2.22. The first-order chi connectivity index (χ1) is 19.5. The highest BCUT2D eigenvalue weighted by atomic mass is 16.5. The van der Waals surface area contributed by atoms with Gasteiger partial charge in [0.25, 0.3) is 0 Å². The van der Waals surface area contributed by atoms with Gasteiger partial charge in [0, 0.05) is 25.7 Å². The number of hydrogen-bond donors (Lipinski definition) is 2. The van der Waals surface area contributed by atoms with Crippen molar-refractivity contribution >= 4 is 11.9 Å². The number of ether oxygens (including phenoxy) is 1. The van der Waals surface area contributed by atoms with Crippen LogP contribution >= 0.6 is 0 Å². The predicted octanol–water partition coefficient (Wildman–Crippen LogP) is 6.33. The molecule has 3 aromatic carbocycles. The van der Waals surface area contributed by atoms with Crippen molar-refractivity contribution in [2.24, 2.45) is 0 Å². The Morgan fingerprint density at radius 3 is 2.20 bits per heavy atom. The number of para-hydroxylation sites is 1. The molecule has 0 amide bonds. The lowest BCUT2D eigenvalue weighted by molar-refractivity contribution is -0.137. The third-order valence-corrected chi connectivity index (χ3v) is 6.70. The topological polar surface area (TPSA) is 100.0 Å². The second-order valence-electron chi connectivity index (χ2n) is 9.68. The number of aliphatic carboxylic acids is 1. The van der Waals surface area contributed by atoms with Crippen LogP contribution in [0.4, 0.5) is 0 Å². The number of unbranched alkanes of at least 4 members (excludes halogenated alkanes) is 1. The minimum absolute atomic E-state index is 0.141. The summed E-state index contributed by atoms with van der Waals surface area (Å²) in [6.45, 7) is 2.45. The van der Waals surface area contributed by atoms with Gasteiger partial charge in [0.2, 0.25) is 0 Å². The summed E-state index contributed by atoms with van der Waals surface area (Å²) in [4.78, 5) is 28.6. The first kappa shape index (κ1) is 28.5. The molecule has 206 valence electrons. The molecule has 0 saturated heterocycles. The number of hydrogen-bond acceptors (Lipinski definition) is 5. The van der Waals surface area contributed by atoms with E-state index in [1.807, 2.05) is 36.4 Å². The molecule has 0 aliphatic rings. The first-order valence-corrected chi connectivity index (χ1v) is 13.5. The average molecular weight is 539 g/mol. The number of aromatic nitrogens is 1. The van der Waals surface area contributed by atoms with Gasteiger partial charge in [0.15, 0.2) is 0 Å². The molecular formula is C33H34N2O5. The molecule has 0 atom stereocenters. The molecule has 7 heteroatoms. The van der Waals surface area contributed by atoms with Crippen LogP contribution in [0.1, 0.15) is 46.4 Å². The molecule has 4 aromatic rings. The van der Waals surface area contributed by atoms with E-state index in [-0.39, 0.29) is 12.0 Å². The lowest BCUT2D eigenvalue weighted by atomic mass is 10.0. The monoisotopic (exact) mass is 538 g/mol. The van der Waals surface area contributed by atoms with Crippen LogP contribution in [0.25, 0.3) is 11.1 Å². The number of carboxylic acids is 2. The van der Waals surface area contributed by atoms with Crippen molar-refractivity contribution in [3.8, 4) is 16.9 Å². The molecule has 0 radical (unpaired) electrons. The lowest BCUT2D eigenvalue weighted by Crippen LogP contribution is -2.27. The molecule has 0 saturated carbocycles. The van der Waals surface area contributed by atoms with Crippen molar-refractivity contribution < 1.29 is 24.5 Å². The first-order valence-electron chi connectivity index (χ1n) is 13.5. The highest BCUT2D eigenvalue weighted by Crippen LogP contribution is 2.23. The van der Waals surface area contributed by atoms with Crippen molar-refractivity contribution in [1.29, 1.82) is 0 Å². The molecule has 0 aliphatic heterocycles. The minimum atomic E-state index is -1.01.